The number of nitrogens with two attached hydrogens (primary N) is 1. The molecule has 2 aromatic carbocycles. The first-order valence-electron chi connectivity index (χ1n) is 9.15. The van der Waals surface area contributed by atoms with Crippen LogP contribution in [0.1, 0.15) is 33.6 Å². The second kappa shape index (κ2) is 7.32. The van der Waals surface area contributed by atoms with Gasteiger partial charge in [-0.05, 0) is 11.1 Å². The van der Waals surface area contributed by atoms with E-state index in [0.29, 0.717) is 6.54 Å². The fraction of sp³-hybridized carbons (Fsp3) is 0.182. The summed E-state index contributed by atoms with van der Waals surface area (Å²) >= 11 is 0. The SMILES string of the molecule is NCN1C[C@H](C(c2ccccc2)c2ccccc2)n2ccc(=O)c(O)c2C1=O. The summed E-state index contributed by atoms with van der Waals surface area (Å²) in [6.07, 6.45) is 1.59. The number of aromatic hydroxyl groups is 1. The second-order valence-electron chi connectivity index (χ2n) is 6.86. The Morgan fingerprint density at radius 3 is 2.07 bits per heavy atom. The number of pyridine rings is 1. The molecule has 3 aromatic rings. The first-order valence-corrected chi connectivity index (χ1v) is 9.15. The zero-order valence-electron chi connectivity index (χ0n) is 15.2. The maximum absolute atomic E-state index is 12.8. The summed E-state index contributed by atoms with van der Waals surface area (Å²) in [5.74, 6) is -1.06. The Bertz CT molecular complexity index is 1010. The molecule has 142 valence electrons. The van der Waals surface area contributed by atoms with Gasteiger partial charge in [0.1, 0.15) is 0 Å². The third kappa shape index (κ3) is 2.97. The molecule has 0 saturated heterocycles. The Morgan fingerprint density at radius 2 is 1.54 bits per heavy atom. The number of aromatic nitrogens is 1. The highest BCUT2D eigenvalue weighted by Gasteiger charge is 2.37. The van der Waals surface area contributed by atoms with Crippen LogP contribution in [0, 0.1) is 0 Å². The Labute approximate surface area is 162 Å². The van der Waals surface area contributed by atoms with E-state index in [1.165, 1.54) is 11.0 Å². The van der Waals surface area contributed by atoms with Gasteiger partial charge in [-0.2, -0.15) is 0 Å². The van der Waals surface area contributed by atoms with Crippen LogP contribution in [0.5, 0.6) is 5.75 Å². The van der Waals surface area contributed by atoms with Gasteiger partial charge >= 0.3 is 0 Å². The third-order valence-electron chi connectivity index (χ3n) is 5.28. The van der Waals surface area contributed by atoms with Crippen LogP contribution in [0.25, 0.3) is 0 Å². The van der Waals surface area contributed by atoms with Crippen LogP contribution in [0.4, 0.5) is 0 Å². The molecule has 1 atom stereocenters. The summed E-state index contributed by atoms with van der Waals surface area (Å²) in [7, 11) is 0. The van der Waals surface area contributed by atoms with Crippen molar-refractivity contribution in [1.29, 1.82) is 0 Å². The Morgan fingerprint density at radius 1 is 0.964 bits per heavy atom. The number of nitrogens with zero attached hydrogens (tertiary/aromatic N) is 2. The fourth-order valence-electron chi connectivity index (χ4n) is 3.96. The average molecular weight is 375 g/mol. The van der Waals surface area contributed by atoms with Crippen molar-refractivity contribution >= 4 is 5.91 Å². The molecule has 1 amide bonds. The van der Waals surface area contributed by atoms with Gasteiger partial charge in [0.05, 0.1) is 12.7 Å². The molecule has 0 saturated carbocycles. The lowest BCUT2D eigenvalue weighted by atomic mass is 9.83. The third-order valence-corrected chi connectivity index (χ3v) is 5.28. The summed E-state index contributed by atoms with van der Waals surface area (Å²) in [6, 6.07) is 21.1. The largest absolute Gasteiger partial charge is 0.503 e. The van der Waals surface area contributed by atoms with Crippen molar-refractivity contribution in [1.82, 2.24) is 9.47 Å². The number of rotatable bonds is 4. The van der Waals surface area contributed by atoms with Crippen molar-refractivity contribution in [2.75, 3.05) is 13.2 Å². The van der Waals surface area contributed by atoms with E-state index in [9.17, 15) is 14.7 Å². The normalized spacial score (nSPS) is 16.3. The molecule has 0 fully saturated rings. The summed E-state index contributed by atoms with van der Waals surface area (Å²) in [6.45, 7) is 0.382. The molecule has 0 radical (unpaired) electrons. The zero-order chi connectivity index (χ0) is 19.7. The first kappa shape index (κ1) is 18.0. The van der Waals surface area contributed by atoms with Gasteiger partial charge in [-0.25, -0.2) is 0 Å². The quantitative estimate of drug-likeness (QED) is 0.732. The smallest absolute Gasteiger partial charge is 0.275 e. The van der Waals surface area contributed by atoms with Crippen LogP contribution in [0.3, 0.4) is 0 Å². The summed E-state index contributed by atoms with van der Waals surface area (Å²) in [4.78, 5) is 26.2. The molecular formula is C22H21N3O3. The predicted molar refractivity (Wildman–Crippen MR) is 106 cm³/mol. The van der Waals surface area contributed by atoms with Gasteiger partial charge in [0.25, 0.3) is 5.91 Å². The van der Waals surface area contributed by atoms with Gasteiger partial charge in [-0.3, -0.25) is 9.59 Å². The van der Waals surface area contributed by atoms with E-state index >= 15 is 0 Å². The molecule has 2 heterocycles. The van der Waals surface area contributed by atoms with E-state index < -0.39 is 17.1 Å². The van der Waals surface area contributed by atoms with Gasteiger partial charge in [-0.15, -0.1) is 0 Å². The van der Waals surface area contributed by atoms with E-state index in [1.807, 2.05) is 60.7 Å². The van der Waals surface area contributed by atoms with Crippen molar-refractivity contribution in [3.8, 4) is 5.75 Å². The summed E-state index contributed by atoms with van der Waals surface area (Å²) in [5.41, 5.74) is 7.39. The molecular weight excluding hydrogens is 354 g/mol. The van der Waals surface area contributed by atoms with Gasteiger partial charge in [-0.1, -0.05) is 60.7 Å². The number of fused-ring (bicyclic) bond motifs is 1. The number of hydrogen-bond donors (Lipinski definition) is 2. The van der Waals surface area contributed by atoms with Crippen molar-refractivity contribution < 1.29 is 9.90 Å². The summed E-state index contributed by atoms with van der Waals surface area (Å²) < 4.78 is 1.72. The fourth-order valence-corrected chi connectivity index (χ4v) is 3.96. The van der Waals surface area contributed by atoms with Gasteiger partial charge in [0.15, 0.2) is 11.4 Å². The van der Waals surface area contributed by atoms with Crippen LogP contribution >= 0.6 is 0 Å². The topological polar surface area (TPSA) is 88.6 Å². The molecule has 0 unspecified atom stereocenters. The number of benzene rings is 2. The molecule has 0 spiro atoms. The van der Waals surface area contributed by atoms with E-state index in [2.05, 4.69) is 0 Å². The monoisotopic (exact) mass is 375 g/mol. The maximum Gasteiger partial charge on any atom is 0.275 e. The lowest BCUT2D eigenvalue weighted by Gasteiger charge is -2.39. The van der Waals surface area contributed by atoms with Crippen LogP contribution in [0.15, 0.2) is 77.7 Å². The van der Waals surface area contributed by atoms with E-state index in [0.717, 1.165) is 11.1 Å². The van der Waals surface area contributed by atoms with Crippen molar-refractivity contribution in [3.05, 3.63) is 100.0 Å². The van der Waals surface area contributed by atoms with Crippen molar-refractivity contribution in [2.24, 2.45) is 5.73 Å². The Kier molecular flexibility index (Phi) is 4.71. The standard InChI is InChI=1S/C22H21N3O3/c23-14-24-13-17(25-12-11-18(26)21(27)20(25)22(24)28)19(15-7-3-1-4-8-15)16-9-5-2-6-10-16/h1-12,17,19,27H,13-14,23H2/t17-/m1/s1. The molecule has 0 bridgehead atoms. The van der Waals surface area contributed by atoms with Gasteiger partial charge < -0.3 is 20.3 Å². The number of hydrogen-bond acceptors (Lipinski definition) is 4. The molecule has 1 aliphatic heterocycles. The van der Waals surface area contributed by atoms with Crippen LogP contribution < -0.4 is 11.2 Å². The van der Waals surface area contributed by atoms with E-state index in [-0.39, 0.29) is 24.3 Å². The molecule has 0 aliphatic carbocycles. The summed E-state index contributed by atoms with van der Waals surface area (Å²) in [5, 5.41) is 10.3. The minimum Gasteiger partial charge on any atom is -0.503 e. The van der Waals surface area contributed by atoms with Crippen LogP contribution in [-0.4, -0.2) is 33.7 Å². The van der Waals surface area contributed by atoms with Gasteiger partial charge in [0.2, 0.25) is 5.43 Å². The van der Waals surface area contributed by atoms with Crippen molar-refractivity contribution in [2.45, 2.75) is 12.0 Å². The molecule has 28 heavy (non-hydrogen) atoms. The lowest BCUT2D eigenvalue weighted by molar-refractivity contribution is 0.0656. The second-order valence-corrected chi connectivity index (χ2v) is 6.86. The highest BCUT2D eigenvalue weighted by molar-refractivity contribution is 5.96. The Hall–Kier alpha value is -3.38. The van der Waals surface area contributed by atoms with E-state index in [1.54, 1.807) is 10.8 Å². The predicted octanol–water partition coefficient (Wildman–Crippen LogP) is 2.30. The Balaban J connectivity index is 1.94. The maximum atomic E-state index is 12.8. The molecule has 6 heteroatoms. The number of carbonyl (C=O) groups is 1. The number of carbonyl (C=O) groups excluding carboxylic acids is 1. The molecule has 1 aromatic heterocycles. The average Bonchev–Trinajstić information content (AvgIpc) is 2.73. The van der Waals surface area contributed by atoms with Gasteiger partial charge in [0, 0.05) is 24.7 Å². The van der Waals surface area contributed by atoms with E-state index in [4.69, 9.17) is 5.73 Å². The van der Waals surface area contributed by atoms with Crippen molar-refractivity contribution in [3.63, 3.8) is 0 Å². The lowest BCUT2D eigenvalue weighted by Crippen LogP contribution is -2.48. The van der Waals surface area contributed by atoms with Crippen LogP contribution in [-0.2, 0) is 0 Å². The molecule has 6 nitrogen and oxygen atoms in total. The minimum atomic E-state index is -0.576. The first-order chi connectivity index (χ1) is 13.6. The minimum absolute atomic E-state index is 0.00809. The highest BCUT2D eigenvalue weighted by atomic mass is 16.3. The molecule has 1 aliphatic rings. The molecule has 3 N–H and O–H groups in total. The number of amides is 1. The van der Waals surface area contributed by atoms with Crippen LogP contribution in [0.2, 0.25) is 0 Å². The molecule has 4 rings (SSSR count). The highest BCUT2D eigenvalue weighted by Crippen LogP contribution is 2.39. The zero-order valence-corrected chi connectivity index (χ0v) is 15.2.